The summed E-state index contributed by atoms with van der Waals surface area (Å²) in [5, 5.41) is 0. The normalized spacial score (nSPS) is 14.7. The molecule has 0 amide bonds. The van der Waals surface area contributed by atoms with Crippen LogP contribution in [0.25, 0.3) is 0 Å². The summed E-state index contributed by atoms with van der Waals surface area (Å²) in [6.45, 7) is 11.0. The predicted molar refractivity (Wildman–Crippen MR) is 64.9 cm³/mol. The molecule has 1 heteroatoms. The van der Waals surface area contributed by atoms with Crippen LogP contribution in [-0.2, 0) is 6.42 Å². The van der Waals surface area contributed by atoms with Gasteiger partial charge in [-0.15, -0.1) is 0 Å². The second-order valence-electron chi connectivity index (χ2n) is 4.95. The zero-order valence-corrected chi connectivity index (χ0v) is 10.5. The molecule has 0 spiro atoms. The minimum atomic E-state index is 0.230. The van der Waals surface area contributed by atoms with Gasteiger partial charge in [0, 0.05) is 6.42 Å². The standard InChI is InChI=1S/C14H22O/c1-6-8-14(4,5)12(3)10-13-11(2)7-9-15-13/h6-9,12H,10H2,1-5H3/b8-6-. The van der Waals surface area contributed by atoms with E-state index in [1.807, 2.05) is 6.07 Å². The highest BCUT2D eigenvalue weighted by molar-refractivity contribution is 5.15. The molecule has 1 rings (SSSR count). The van der Waals surface area contributed by atoms with Gasteiger partial charge in [0.05, 0.1) is 6.26 Å². The van der Waals surface area contributed by atoms with Crippen molar-refractivity contribution in [1.82, 2.24) is 0 Å². The maximum Gasteiger partial charge on any atom is 0.106 e. The second-order valence-corrected chi connectivity index (χ2v) is 4.95. The average Bonchev–Trinajstić information content (AvgIpc) is 2.52. The van der Waals surface area contributed by atoms with Crippen LogP contribution in [0.3, 0.4) is 0 Å². The third kappa shape index (κ3) is 2.98. The Kier molecular flexibility index (Phi) is 3.78. The smallest absolute Gasteiger partial charge is 0.106 e. The molecule has 0 radical (unpaired) electrons. The summed E-state index contributed by atoms with van der Waals surface area (Å²) in [6.07, 6.45) is 7.19. The lowest BCUT2D eigenvalue weighted by Gasteiger charge is -2.28. The fourth-order valence-corrected chi connectivity index (χ4v) is 1.75. The van der Waals surface area contributed by atoms with Crippen LogP contribution in [-0.4, -0.2) is 0 Å². The molecule has 0 aliphatic rings. The molecule has 1 unspecified atom stereocenters. The van der Waals surface area contributed by atoms with E-state index >= 15 is 0 Å². The zero-order valence-electron chi connectivity index (χ0n) is 10.5. The molecule has 0 aromatic carbocycles. The zero-order chi connectivity index (χ0) is 11.5. The van der Waals surface area contributed by atoms with Gasteiger partial charge >= 0.3 is 0 Å². The number of hydrogen-bond donors (Lipinski definition) is 0. The lowest BCUT2D eigenvalue weighted by Crippen LogP contribution is -2.21. The number of aryl methyl sites for hydroxylation is 1. The third-order valence-electron chi connectivity index (χ3n) is 3.33. The van der Waals surface area contributed by atoms with Crippen molar-refractivity contribution in [2.24, 2.45) is 11.3 Å². The number of furan rings is 1. The van der Waals surface area contributed by atoms with Gasteiger partial charge in [0.2, 0.25) is 0 Å². The van der Waals surface area contributed by atoms with E-state index in [1.165, 1.54) is 5.56 Å². The van der Waals surface area contributed by atoms with Crippen molar-refractivity contribution in [3.8, 4) is 0 Å². The SMILES string of the molecule is C/C=C\C(C)(C)C(C)Cc1occc1C. The first-order chi connectivity index (χ1) is 6.97. The first-order valence-electron chi connectivity index (χ1n) is 5.64. The van der Waals surface area contributed by atoms with E-state index < -0.39 is 0 Å². The van der Waals surface area contributed by atoms with Gasteiger partial charge in [0.25, 0.3) is 0 Å². The Morgan fingerprint density at radius 2 is 2.13 bits per heavy atom. The van der Waals surface area contributed by atoms with Crippen molar-refractivity contribution in [2.75, 3.05) is 0 Å². The van der Waals surface area contributed by atoms with Crippen molar-refractivity contribution in [2.45, 2.75) is 41.0 Å². The Labute approximate surface area is 93.2 Å². The summed E-state index contributed by atoms with van der Waals surface area (Å²) in [7, 11) is 0. The molecular formula is C14H22O. The summed E-state index contributed by atoms with van der Waals surface area (Å²) in [6, 6.07) is 2.03. The van der Waals surface area contributed by atoms with Crippen LogP contribution >= 0.6 is 0 Å². The molecule has 84 valence electrons. The van der Waals surface area contributed by atoms with E-state index in [1.54, 1.807) is 6.26 Å². The summed E-state index contributed by atoms with van der Waals surface area (Å²) in [5.41, 5.74) is 1.49. The van der Waals surface area contributed by atoms with Crippen LogP contribution in [0.15, 0.2) is 28.9 Å². The summed E-state index contributed by atoms with van der Waals surface area (Å²) >= 11 is 0. The largest absolute Gasteiger partial charge is 0.469 e. The van der Waals surface area contributed by atoms with Crippen LogP contribution in [0.1, 0.15) is 39.0 Å². The van der Waals surface area contributed by atoms with Crippen LogP contribution in [0, 0.1) is 18.3 Å². The molecule has 0 fully saturated rings. The first-order valence-corrected chi connectivity index (χ1v) is 5.64. The van der Waals surface area contributed by atoms with E-state index in [-0.39, 0.29) is 5.41 Å². The minimum Gasteiger partial charge on any atom is -0.469 e. The van der Waals surface area contributed by atoms with Gasteiger partial charge < -0.3 is 4.42 Å². The Bertz CT molecular complexity index is 331. The number of rotatable bonds is 4. The molecule has 1 aromatic heterocycles. The topological polar surface area (TPSA) is 13.1 Å². The monoisotopic (exact) mass is 206 g/mol. The molecule has 1 nitrogen and oxygen atoms in total. The molecule has 0 saturated heterocycles. The Morgan fingerprint density at radius 1 is 1.47 bits per heavy atom. The third-order valence-corrected chi connectivity index (χ3v) is 3.33. The molecule has 0 N–H and O–H groups in total. The van der Waals surface area contributed by atoms with Crippen LogP contribution in [0.4, 0.5) is 0 Å². The number of hydrogen-bond acceptors (Lipinski definition) is 1. The van der Waals surface area contributed by atoms with E-state index in [0.717, 1.165) is 12.2 Å². The van der Waals surface area contributed by atoms with Crippen molar-refractivity contribution >= 4 is 0 Å². The van der Waals surface area contributed by atoms with Gasteiger partial charge in [-0.2, -0.15) is 0 Å². The van der Waals surface area contributed by atoms with Crippen molar-refractivity contribution in [3.63, 3.8) is 0 Å². The summed E-state index contributed by atoms with van der Waals surface area (Å²) in [5.74, 6) is 1.71. The van der Waals surface area contributed by atoms with Crippen molar-refractivity contribution in [1.29, 1.82) is 0 Å². The molecular weight excluding hydrogens is 184 g/mol. The van der Waals surface area contributed by atoms with Gasteiger partial charge in [-0.1, -0.05) is 32.9 Å². The van der Waals surface area contributed by atoms with E-state index in [4.69, 9.17) is 4.42 Å². The fraction of sp³-hybridized carbons (Fsp3) is 0.571. The molecule has 1 heterocycles. The maximum atomic E-state index is 5.48. The summed E-state index contributed by atoms with van der Waals surface area (Å²) in [4.78, 5) is 0. The molecule has 0 saturated carbocycles. The highest BCUT2D eigenvalue weighted by atomic mass is 16.3. The van der Waals surface area contributed by atoms with Gasteiger partial charge in [-0.25, -0.2) is 0 Å². The van der Waals surface area contributed by atoms with Crippen molar-refractivity contribution in [3.05, 3.63) is 35.8 Å². The highest BCUT2D eigenvalue weighted by Crippen LogP contribution is 2.31. The average molecular weight is 206 g/mol. The maximum absolute atomic E-state index is 5.48. The predicted octanol–water partition coefficient (Wildman–Crippen LogP) is 4.37. The van der Waals surface area contributed by atoms with Gasteiger partial charge in [0.15, 0.2) is 0 Å². The quantitative estimate of drug-likeness (QED) is 0.667. The molecule has 1 aromatic rings. The summed E-state index contributed by atoms with van der Waals surface area (Å²) < 4.78 is 5.48. The van der Waals surface area contributed by atoms with E-state index in [2.05, 4.69) is 46.8 Å². The Morgan fingerprint density at radius 3 is 2.60 bits per heavy atom. The van der Waals surface area contributed by atoms with Gasteiger partial charge in [-0.3, -0.25) is 0 Å². The van der Waals surface area contributed by atoms with E-state index in [9.17, 15) is 0 Å². The molecule has 1 atom stereocenters. The Balaban J connectivity index is 2.71. The Hall–Kier alpha value is -0.980. The minimum absolute atomic E-state index is 0.230. The lowest BCUT2D eigenvalue weighted by atomic mass is 9.77. The fourth-order valence-electron chi connectivity index (χ4n) is 1.75. The van der Waals surface area contributed by atoms with Crippen LogP contribution < -0.4 is 0 Å². The van der Waals surface area contributed by atoms with Crippen LogP contribution in [0.5, 0.6) is 0 Å². The van der Waals surface area contributed by atoms with Crippen molar-refractivity contribution < 1.29 is 4.42 Å². The van der Waals surface area contributed by atoms with Gasteiger partial charge in [-0.05, 0) is 36.8 Å². The molecule has 15 heavy (non-hydrogen) atoms. The molecule has 0 aliphatic carbocycles. The first kappa shape index (κ1) is 12.1. The van der Waals surface area contributed by atoms with E-state index in [0.29, 0.717) is 5.92 Å². The number of allylic oxidation sites excluding steroid dienone is 2. The second kappa shape index (κ2) is 4.69. The van der Waals surface area contributed by atoms with Crippen LogP contribution in [0.2, 0.25) is 0 Å². The molecule has 0 aliphatic heterocycles. The highest BCUT2D eigenvalue weighted by Gasteiger charge is 2.24. The molecule has 0 bridgehead atoms. The lowest BCUT2D eigenvalue weighted by molar-refractivity contribution is 0.287. The van der Waals surface area contributed by atoms with Gasteiger partial charge in [0.1, 0.15) is 5.76 Å².